The molecule has 2 rings (SSSR count). The number of nitrogens with one attached hydrogen (secondary N) is 1. The number of methoxy groups -OCH3 is 1. The molecule has 1 saturated carbocycles. The highest BCUT2D eigenvalue weighted by Crippen LogP contribution is 2.27. The molecule has 1 aliphatic carbocycles. The Morgan fingerprint density at radius 1 is 1.24 bits per heavy atom. The summed E-state index contributed by atoms with van der Waals surface area (Å²) in [6.07, 6.45) is 5.97. The van der Waals surface area contributed by atoms with Crippen LogP contribution in [0.5, 0.6) is 0 Å². The number of rotatable bonds is 8. The molecule has 29 heavy (non-hydrogen) atoms. The minimum Gasteiger partial charge on any atom is -0.467 e. The van der Waals surface area contributed by atoms with Gasteiger partial charge in [0.2, 0.25) is 10.0 Å². The lowest BCUT2D eigenvalue weighted by atomic mass is 9.95. The van der Waals surface area contributed by atoms with Gasteiger partial charge < -0.3 is 10.1 Å². The molecule has 0 aliphatic heterocycles. The monoisotopic (exact) mass is 424 g/mol. The minimum absolute atomic E-state index is 0.0154. The van der Waals surface area contributed by atoms with E-state index in [1.165, 1.54) is 23.5 Å². The van der Waals surface area contributed by atoms with Crippen molar-refractivity contribution in [1.82, 2.24) is 9.62 Å². The molecule has 1 aromatic rings. The zero-order valence-electron chi connectivity index (χ0n) is 17.7. The Kier molecular flexibility index (Phi) is 7.82. The van der Waals surface area contributed by atoms with Gasteiger partial charge in [-0.2, -0.15) is 4.31 Å². The first-order chi connectivity index (χ1) is 13.7. The molecule has 0 aromatic heterocycles. The van der Waals surface area contributed by atoms with Crippen LogP contribution in [0.4, 0.5) is 0 Å². The lowest BCUT2D eigenvalue weighted by Gasteiger charge is -2.30. The highest BCUT2D eigenvalue weighted by molar-refractivity contribution is 7.89. The summed E-state index contributed by atoms with van der Waals surface area (Å²) in [6.45, 7) is 3.51. The van der Waals surface area contributed by atoms with Gasteiger partial charge >= 0.3 is 5.97 Å². The van der Waals surface area contributed by atoms with Gasteiger partial charge in [0.25, 0.3) is 5.91 Å². The SMILES string of the molecule is CCCC(C)(NC(=O)c1cccc(S(=O)(=O)N(C)C2CCCCC2)c1)C(=O)OC. The number of carbonyl (C=O) groups is 2. The number of benzene rings is 1. The number of esters is 1. The third kappa shape index (κ3) is 5.36. The maximum absolute atomic E-state index is 13.1. The standard InChI is InChI=1S/C21H32N2O5S/c1-5-14-21(2,20(25)28-4)22-19(24)16-10-9-13-18(15-16)29(26,27)23(3)17-11-7-6-8-12-17/h9-10,13,15,17H,5-8,11-12,14H2,1-4H3,(H,22,24). The van der Waals surface area contributed by atoms with Crippen LogP contribution in [0.1, 0.15) is 69.2 Å². The van der Waals surface area contributed by atoms with Crippen LogP contribution in [0, 0.1) is 0 Å². The number of nitrogens with zero attached hydrogens (tertiary/aromatic N) is 1. The van der Waals surface area contributed by atoms with Crippen molar-refractivity contribution >= 4 is 21.9 Å². The van der Waals surface area contributed by atoms with E-state index in [9.17, 15) is 18.0 Å². The lowest BCUT2D eigenvalue weighted by Crippen LogP contribution is -2.52. The van der Waals surface area contributed by atoms with Crippen molar-refractivity contribution in [1.29, 1.82) is 0 Å². The number of hydrogen-bond acceptors (Lipinski definition) is 5. The molecule has 1 fully saturated rings. The van der Waals surface area contributed by atoms with Crippen molar-refractivity contribution in [2.24, 2.45) is 0 Å². The molecular formula is C21H32N2O5S. The summed E-state index contributed by atoms with van der Waals surface area (Å²) in [5.41, 5.74) is -0.983. The highest BCUT2D eigenvalue weighted by Gasteiger charge is 2.36. The fourth-order valence-electron chi connectivity index (χ4n) is 3.87. The number of hydrogen-bond donors (Lipinski definition) is 1. The summed E-state index contributed by atoms with van der Waals surface area (Å²) in [4.78, 5) is 25.0. The molecule has 0 saturated heterocycles. The Balaban J connectivity index is 2.25. The smallest absolute Gasteiger partial charge is 0.331 e. The van der Waals surface area contributed by atoms with Crippen molar-refractivity contribution in [3.05, 3.63) is 29.8 Å². The fraction of sp³-hybridized carbons (Fsp3) is 0.619. The van der Waals surface area contributed by atoms with Gasteiger partial charge in [-0.05, 0) is 44.4 Å². The first kappa shape index (κ1) is 23.3. The number of amides is 1. The van der Waals surface area contributed by atoms with E-state index >= 15 is 0 Å². The van der Waals surface area contributed by atoms with E-state index in [0.717, 1.165) is 32.1 Å². The van der Waals surface area contributed by atoms with Gasteiger partial charge in [-0.15, -0.1) is 0 Å². The van der Waals surface area contributed by atoms with Gasteiger partial charge in [-0.25, -0.2) is 13.2 Å². The van der Waals surface area contributed by atoms with Gasteiger partial charge in [0.05, 0.1) is 12.0 Å². The maximum Gasteiger partial charge on any atom is 0.331 e. The molecule has 0 radical (unpaired) electrons. The normalized spacial score (nSPS) is 17.6. The second-order valence-corrected chi connectivity index (χ2v) is 9.87. The Morgan fingerprint density at radius 2 is 1.90 bits per heavy atom. The van der Waals surface area contributed by atoms with E-state index in [0.29, 0.717) is 12.8 Å². The molecule has 1 unspecified atom stereocenters. The second kappa shape index (κ2) is 9.71. The van der Waals surface area contributed by atoms with Crippen LogP contribution in [-0.4, -0.2) is 50.3 Å². The van der Waals surface area contributed by atoms with Gasteiger partial charge in [-0.1, -0.05) is 38.7 Å². The molecule has 1 atom stereocenters. The molecule has 0 bridgehead atoms. The van der Waals surface area contributed by atoms with E-state index in [-0.39, 0.29) is 16.5 Å². The Hall–Kier alpha value is -1.93. The van der Waals surface area contributed by atoms with Gasteiger partial charge in [0, 0.05) is 18.7 Å². The summed E-state index contributed by atoms with van der Waals surface area (Å²) in [7, 11) is -0.829. The van der Waals surface area contributed by atoms with Gasteiger partial charge in [-0.3, -0.25) is 4.79 Å². The molecule has 7 nitrogen and oxygen atoms in total. The van der Waals surface area contributed by atoms with E-state index in [4.69, 9.17) is 4.74 Å². The van der Waals surface area contributed by atoms with Crippen molar-refractivity contribution in [3.63, 3.8) is 0 Å². The summed E-state index contributed by atoms with van der Waals surface area (Å²) in [6, 6.07) is 5.94. The molecule has 0 spiro atoms. The molecule has 8 heteroatoms. The Morgan fingerprint density at radius 3 is 2.48 bits per heavy atom. The number of ether oxygens (including phenoxy) is 1. The van der Waals surface area contributed by atoms with Crippen LogP contribution in [-0.2, 0) is 19.6 Å². The first-order valence-corrected chi connectivity index (χ1v) is 11.6. The lowest BCUT2D eigenvalue weighted by molar-refractivity contribution is -0.147. The van der Waals surface area contributed by atoms with E-state index in [1.807, 2.05) is 6.92 Å². The van der Waals surface area contributed by atoms with Crippen LogP contribution < -0.4 is 5.32 Å². The first-order valence-electron chi connectivity index (χ1n) is 10.1. The molecule has 1 amide bonds. The third-order valence-corrected chi connectivity index (χ3v) is 7.54. The maximum atomic E-state index is 13.1. The van der Waals surface area contributed by atoms with Crippen molar-refractivity contribution in [2.75, 3.05) is 14.2 Å². The quantitative estimate of drug-likeness (QED) is 0.647. The second-order valence-electron chi connectivity index (χ2n) is 7.87. The van der Waals surface area contributed by atoms with Crippen molar-refractivity contribution in [3.8, 4) is 0 Å². The predicted octanol–water partition coefficient (Wildman–Crippen LogP) is 3.10. The molecule has 1 N–H and O–H groups in total. The van der Waals surface area contributed by atoms with Gasteiger partial charge in [0.1, 0.15) is 5.54 Å². The summed E-state index contributed by atoms with van der Waals surface area (Å²) in [5, 5.41) is 2.71. The average molecular weight is 425 g/mol. The molecule has 0 heterocycles. The van der Waals surface area contributed by atoms with E-state index in [2.05, 4.69) is 5.32 Å². The fourth-order valence-corrected chi connectivity index (χ4v) is 5.33. The Labute approximate surface area is 173 Å². The summed E-state index contributed by atoms with van der Waals surface area (Å²) < 4.78 is 32.4. The van der Waals surface area contributed by atoms with E-state index in [1.54, 1.807) is 26.1 Å². The molecule has 162 valence electrons. The third-order valence-electron chi connectivity index (χ3n) is 5.64. The zero-order valence-corrected chi connectivity index (χ0v) is 18.5. The minimum atomic E-state index is -3.71. The Bertz CT molecular complexity index is 833. The van der Waals surface area contributed by atoms with Crippen molar-refractivity contribution < 1.29 is 22.7 Å². The summed E-state index contributed by atoms with van der Waals surface area (Å²) in [5.74, 6) is -1.04. The van der Waals surface area contributed by atoms with Crippen LogP contribution in [0.3, 0.4) is 0 Å². The molecule has 1 aromatic carbocycles. The van der Waals surface area contributed by atoms with Crippen LogP contribution in [0.2, 0.25) is 0 Å². The topological polar surface area (TPSA) is 92.8 Å². The van der Waals surface area contributed by atoms with Crippen LogP contribution in [0.25, 0.3) is 0 Å². The van der Waals surface area contributed by atoms with Gasteiger partial charge in [0.15, 0.2) is 0 Å². The zero-order chi connectivity index (χ0) is 21.7. The highest BCUT2D eigenvalue weighted by atomic mass is 32.2. The van der Waals surface area contributed by atoms with E-state index < -0.39 is 27.4 Å². The van der Waals surface area contributed by atoms with Crippen molar-refractivity contribution in [2.45, 2.75) is 75.3 Å². The average Bonchev–Trinajstić information content (AvgIpc) is 2.73. The van der Waals surface area contributed by atoms with Crippen LogP contribution in [0.15, 0.2) is 29.2 Å². The number of carbonyl (C=O) groups excluding carboxylic acids is 2. The predicted molar refractivity (Wildman–Crippen MR) is 111 cm³/mol. The molecule has 1 aliphatic rings. The molecular weight excluding hydrogens is 392 g/mol. The van der Waals surface area contributed by atoms with Crippen LogP contribution >= 0.6 is 0 Å². The summed E-state index contributed by atoms with van der Waals surface area (Å²) >= 11 is 0. The largest absolute Gasteiger partial charge is 0.467 e. The number of sulfonamides is 1.